The monoisotopic (exact) mass is 154 g/mol. The highest BCUT2D eigenvalue weighted by molar-refractivity contribution is 4.96. The third-order valence-electron chi connectivity index (χ3n) is 2.05. The van der Waals surface area contributed by atoms with Gasteiger partial charge in [-0.3, -0.25) is 0 Å². The summed E-state index contributed by atoms with van der Waals surface area (Å²) in [6.07, 6.45) is 6.49. The fourth-order valence-electron chi connectivity index (χ4n) is 1.27. The first kappa shape index (κ1) is 8.34. The fraction of sp³-hybridized carbons (Fsp3) is 0.556. The molecule has 0 saturated heterocycles. The second kappa shape index (κ2) is 4.19. The largest absolute Gasteiger partial charge is 0.501 e. The van der Waals surface area contributed by atoms with Crippen LogP contribution in [-0.4, -0.2) is 18.3 Å². The minimum absolute atomic E-state index is 0.179. The fourth-order valence-corrected chi connectivity index (χ4v) is 1.27. The number of ether oxygens (including phenoxy) is 1. The standard InChI is InChI=1S/C9H14O2/c1-2-8(7-10)9-3-5-11-6-4-9/h2-3,5,8-10H,1,4,6-7H2/t8-,9-/m0/s1. The van der Waals surface area contributed by atoms with Crippen molar-refractivity contribution in [2.24, 2.45) is 11.8 Å². The zero-order chi connectivity index (χ0) is 8.10. The summed E-state index contributed by atoms with van der Waals surface area (Å²) < 4.78 is 5.04. The summed E-state index contributed by atoms with van der Waals surface area (Å²) >= 11 is 0. The third kappa shape index (κ3) is 2.09. The van der Waals surface area contributed by atoms with Crippen LogP contribution in [0.2, 0.25) is 0 Å². The first-order valence-corrected chi connectivity index (χ1v) is 3.90. The average Bonchev–Trinajstić information content (AvgIpc) is 2.09. The number of rotatable bonds is 3. The molecule has 1 aliphatic rings. The molecule has 0 amide bonds. The molecule has 2 nitrogen and oxygen atoms in total. The smallest absolute Gasteiger partial charge is 0.0879 e. The second-order valence-electron chi connectivity index (χ2n) is 2.73. The number of allylic oxidation sites excluding steroid dienone is 1. The Morgan fingerprint density at radius 3 is 3.09 bits per heavy atom. The maximum Gasteiger partial charge on any atom is 0.0879 e. The molecular weight excluding hydrogens is 140 g/mol. The van der Waals surface area contributed by atoms with E-state index in [0.29, 0.717) is 5.92 Å². The SMILES string of the molecule is C=C[C@@H](CO)[C@H]1C=COCC1. The van der Waals surface area contributed by atoms with Gasteiger partial charge in [-0.05, 0) is 18.4 Å². The molecule has 0 aromatic heterocycles. The first-order valence-electron chi connectivity index (χ1n) is 3.90. The van der Waals surface area contributed by atoms with Crippen LogP contribution in [0, 0.1) is 11.8 Å². The predicted molar refractivity (Wildman–Crippen MR) is 44.0 cm³/mol. The molecule has 0 unspecified atom stereocenters. The molecule has 2 heteroatoms. The van der Waals surface area contributed by atoms with E-state index in [2.05, 4.69) is 6.58 Å². The summed E-state index contributed by atoms with van der Waals surface area (Å²) in [4.78, 5) is 0. The lowest BCUT2D eigenvalue weighted by Gasteiger charge is -2.22. The number of hydrogen-bond acceptors (Lipinski definition) is 2. The van der Waals surface area contributed by atoms with Crippen LogP contribution < -0.4 is 0 Å². The van der Waals surface area contributed by atoms with Gasteiger partial charge in [-0.25, -0.2) is 0 Å². The Labute approximate surface area is 67.2 Å². The van der Waals surface area contributed by atoms with Crippen LogP contribution in [-0.2, 0) is 4.74 Å². The maximum atomic E-state index is 8.93. The van der Waals surface area contributed by atoms with Gasteiger partial charge in [-0.15, -0.1) is 6.58 Å². The minimum atomic E-state index is 0.179. The summed E-state index contributed by atoms with van der Waals surface area (Å²) in [5.74, 6) is 0.599. The van der Waals surface area contributed by atoms with Crippen molar-refractivity contribution in [3.63, 3.8) is 0 Å². The molecular formula is C9H14O2. The molecule has 0 aromatic rings. The highest BCUT2D eigenvalue weighted by Gasteiger charge is 2.17. The van der Waals surface area contributed by atoms with Gasteiger partial charge in [0.2, 0.25) is 0 Å². The van der Waals surface area contributed by atoms with E-state index in [0.717, 1.165) is 13.0 Å². The number of hydrogen-bond donors (Lipinski definition) is 1. The predicted octanol–water partition coefficient (Wildman–Crippen LogP) is 1.33. The molecule has 0 spiro atoms. The number of aliphatic hydroxyl groups is 1. The van der Waals surface area contributed by atoms with Crippen molar-refractivity contribution < 1.29 is 9.84 Å². The van der Waals surface area contributed by atoms with Crippen LogP contribution in [0.4, 0.5) is 0 Å². The normalized spacial score (nSPS) is 25.7. The quantitative estimate of drug-likeness (QED) is 0.621. The molecule has 0 aromatic carbocycles. The van der Waals surface area contributed by atoms with Crippen molar-refractivity contribution in [2.45, 2.75) is 6.42 Å². The third-order valence-corrected chi connectivity index (χ3v) is 2.05. The van der Waals surface area contributed by atoms with Crippen LogP contribution in [0.1, 0.15) is 6.42 Å². The number of aliphatic hydroxyl groups excluding tert-OH is 1. The van der Waals surface area contributed by atoms with E-state index in [1.807, 2.05) is 6.08 Å². The van der Waals surface area contributed by atoms with Gasteiger partial charge < -0.3 is 9.84 Å². The van der Waals surface area contributed by atoms with Crippen molar-refractivity contribution in [1.82, 2.24) is 0 Å². The van der Waals surface area contributed by atoms with Gasteiger partial charge in [-0.1, -0.05) is 6.08 Å². The van der Waals surface area contributed by atoms with Crippen molar-refractivity contribution in [3.8, 4) is 0 Å². The second-order valence-corrected chi connectivity index (χ2v) is 2.73. The Balaban J connectivity index is 2.49. The van der Waals surface area contributed by atoms with Gasteiger partial charge in [0.05, 0.1) is 12.9 Å². The van der Waals surface area contributed by atoms with Gasteiger partial charge in [0.1, 0.15) is 0 Å². The van der Waals surface area contributed by atoms with Crippen LogP contribution in [0.3, 0.4) is 0 Å². The van der Waals surface area contributed by atoms with Crippen molar-refractivity contribution in [2.75, 3.05) is 13.2 Å². The summed E-state index contributed by atoms with van der Waals surface area (Å²) in [7, 11) is 0. The first-order chi connectivity index (χ1) is 5.38. The summed E-state index contributed by atoms with van der Waals surface area (Å²) in [5, 5.41) is 8.93. The van der Waals surface area contributed by atoms with Gasteiger partial charge in [0, 0.05) is 12.5 Å². The molecule has 0 radical (unpaired) electrons. The van der Waals surface area contributed by atoms with E-state index in [1.165, 1.54) is 0 Å². The molecule has 0 aliphatic carbocycles. The zero-order valence-electron chi connectivity index (χ0n) is 6.57. The molecule has 1 heterocycles. The van der Waals surface area contributed by atoms with Gasteiger partial charge >= 0.3 is 0 Å². The Hall–Kier alpha value is -0.760. The minimum Gasteiger partial charge on any atom is -0.501 e. The molecule has 1 aliphatic heterocycles. The van der Waals surface area contributed by atoms with E-state index in [9.17, 15) is 0 Å². The van der Waals surface area contributed by atoms with E-state index in [4.69, 9.17) is 9.84 Å². The van der Waals surface area contributed by atoms with Gasteiger partial charge in [0.15, 0.2) is 0 Å². The van der Waals surface area contributed by atoms with Crippen LogP contribution in [0.15, 0.2) is 25.0 Å². The topological polar surface area (TPSA) is 29.5 Å². The molecule has 62 valence electrons. The van der Waals surface area contributed by atoms with E-state index < -0.39 is 0 Å². The molecule has 0 fully saturated rings. The Morgan fingerprint density at radius 1 is 1.82 bits per heavy atom. The molecule has 0 bridgehead atoms. The van der Waals surface area contributed by atoms with Crippen LogP contribution in [0.25, 0.3) is 0 Å². The summed E-state index contributed by atoms with van der Waals surface area (Å²) in [6.45, 7) is 4.61. The average molecular weight is 154 g/mol. The van der Waals surface area contributed by atoms with E-state index in [-0.39, 0.29) is 12.5 Å². The van der Waals surface area contributed by atoms with Gasteiger partial charge in [0.25, 0.3) is 0 Å². The highest BCUT2D eigenvalue weighted by atomic mass is 16.5. The van der Waals surface area contributed by atoms with Gasteiger partial charge in [-0.2, -0.15) is 0 Å². The van der Waals surface area contributed by atoms with Crippen molar-refractivity contribution in [1.29, 1.82) is 0 Å². The highest BCUT2D eigenvalue weighted by Crippen LogP contribution is 2.21. The van der Waals surface area contributed by atoms with E-state index in [1.54, 1.807) is 12.3 Å². The van der Waals surface area contributed by atoms with Crippen molar-refractivity contribution in [3.05, 3.63) is 25.0 Å². The Bertz CT molecular complexity index is 152. The lowest BCUT2D eigenvalue weighted by Crippen LogP contribution is -2.18. The van der Waals surface area contributed by atoms with E-state index >= 15 is 0 Å². The summed E-state index contributed by atoms with van der Waals surface area (Å²) in [6, 6.07) is 0. The molecule has 1 rings (SSSR count). The van der Waals surface area contributed by atoms with Crippen molar-refractivity contribution >= 4 is 0 Å². The molecule has 1 N–H and O–H groups in total. The zero-order valence-corrected chi connectivity index (χ0v) is 6.57. The molecule has 2 atom stereocenters. The lowest BCUT2D eigenvalue weighted by atomic mass is 9.90. The maximum absolute atomic E-state index is 8.93. The summed E-state index contributed by atoms with van der Waals surface area (Å²) in [5.41, 5.74) is 0. The molecule has 11 heavy (non-hydrogen) atoms. The Kier molecular flexibility index (Phi) is 3.17. The van der Waals surface area contributed by atoms with Crippen LogP contribution in [0.5, 0.6) is 0 Å². The lowest BCUT2D eigenvalue weighted by molar-refractivity contribution is 0.164. The molecule has 0 saturated carbocycles. The Morgan fingerprint density at radius 2 is 2.64 bits per heavy atom. The van der Waals surface area contributed by atoms with Crippen LogP contribution >= 0.6 is 0 Å².